The molecule has 6 heteroatoms. The van der Waals surface area contributed by atoms with Gasteiger partial charge in [-0.3, -0.25) is 9.59 Å². The maximum Gasteiger partial charge on any atom is 0.306 e. The van der Waals surface area contributed by atoms with Gasteiger partial charge in [-0.2, -0.15) is 0 Å². The molecule has 0 saturated heterocycles. The molecule has 0 aromatic heterocycles. The predicted octanol–water partition coefficient (Wildman–Crippen LogP) is 15.9. The summed E-state index contributed by atoms with van der Waals surface area (Å²) in [6, 6.07) is -0.701. The van der Waals surface area contributed by atoms with Gasteiger partial charge in [0.1, 0.15) is 6.10 Å². The Kier molecular flexibility index (Phi) is 47.0. The van der Waals surface area contributed by atoms with Crippen LogP contribution in [0.25, 0.3) is 0 Å². The summed E-state index contributed by atoms with van der Waals surface area (Å²) in [4.78, 5) is 26.1. The van der Waals surface area contributed by atoms with Crippen molar-refractivity contribution >= 4 is 11.9 Å². The number of aliphatic hydroxyl groups excluding tert-OH is 2. The molecule has 0 bridgehead atoms. The van der Waals surface area contributed by atoms with E-state index < -0.39 is 18.2 Å². The number of hydrogen-bond donors (Lipinski definition) is 3. The van der Waals surface area contributed by atoms with Gasteiger partial charge in [0.05, 0.1) is 25.2 Å². The van der Waals surface area contributed by atoms with Crippen LogP contribution in [0.5, 0.6) is 0 Å². The monoisotopic (exact) mass is 846 g/mol. The highest BCUT2D eigenvalue weighted by molar-refractivity contribution is 5.77. The highest BCUT2D eigenvalue weighted by Crippen LogP contribution is 2.18. The average molecular weight is 846 g/mol. The molecule has 3 atom stereocenters. The Balaban J connectivity index is 4.51. The number of hydrogen-bond acceptors (Lipinski definition) is 5. The van der Waals surface area contributed by atoms with Gasteiger partial charge in [-0.25, -0.2) is 0 Å². The highest BCUT2D eigenvalue weighted by Gasteiger charge is 2.24. The van der Waals surface area contributed by atoms with E-state index in [1.165, 1.54) is 167 Å². The third-order valence-corrected chi connectivity index (χ3v) is 12.3. The first-order chi connectivity index (χ1) is 29.5. The van der Waals surface area contributed by atoms with E-state index in [-0.39, 0.29) is 24.9 Å². The topological polar surface area (TPSA) is 95.9 Å². The lowest BCUT2D eigenvalue weighted by Crippen LogP contribution is -2.46. The Morgan fingerprint density at radius 2 is 0.900 bits per heavy atom. The first kappa shape index (κ1) is 58.3. The summed E-state index contributed by atoms with van der Waals surface area (Å²) >= 11 is 0. The van der Waals surface area contributed by atoms with E-state index in [0.29, 0.717) is 19.3 Å². The highest BCUT2D eigenvalue weighted by atomic mass is 16.5. The number of carbonyl (C=O) groups is 2. The lowest BCUT2D eigenvalue weighted by molar-refractivity contribution is -0.151. The minimum Gasteiger partial charge on any atom is -0.462 e. The van der Waals surface area contributed by atoms with Crippen molar-refractivity contribution < 1.29 is 24.5 Å². The van der Waals surface area contributed by atoms with Crippen LogP contribution in [0.4, 0.5) is 0 Å². The maximum absolute atomic E-state index is 13.2. The third-order valence-electron chi connectivity index (χ3n) is 12.3. The second kappa shape index (κ2) is 48.4. The molecule has 0 aliphatic heterocycles. The number of allylic oxidation sites excluding steroid dienone is 4. The Morgan fingerprint density at radius 1 is 0.500 bits per heavy atom. The zero-order chi connectivity index (χ0) is 43.8. The molecule has 0 fully saturated rings. The molecule has 1 amide bonds. The van der Waals surface area contributed by atoms with Crippen LogP contribution in [0.1, 0.15) is 284 Å². The van der Waals surface area contributed by atoms with Gasteiger partial charge in [0.2, 0.25) is 5.91 Å². The summed E-state index contributed by atoms with van der Waals surface area (Å²) in [6.45, 7) is 6.40. The largest absolute Gasteiger partial charge is 0.462 e. The molecule has 0 saturated carbocycles. The molecule has 354 valence electrons. The summed E-state index contributed by atoms with van der Waals surface area (Å²) in [6.07, 6.45) is 55.3. The second-order valence-electron chi connectivity index (χ2n) is 18.3. The number of aliphatic hydroxyl groups is 2. The van der Waals surface area contributed by atoms with Crippen LogP contribution in [0.15, 0.2) is 24.3 Å². The molecule has 0 aliphatic rings. The van der Waals surface area contributed by atoms with Crippen molar-refractivity contribution in [1.82, 2.24) is 5.32 Å². The molecule has 0 heterocycles. The number of unbranched alkanes of at least 4 members (excludes halogenated alkanes) is 32. The van der Waals surface area contributed by atoms with E-state index in [2.05, 4.69) is 50.4 Å². The van der Waals surface area contributed by atoms with Gasteiger partial charge in [-0.15, -0.1) is 0 Å². The summed E-state index contributed by atoms with van der Waals surface area (Å²) in [5, 5.41) is 23.8. The normalized spacial score (nSPS) is 13.3. The van der Waals surface area contributed by atoms with Gasteiger partial charge >= 0.3 is 5.97 Å². The molecule has 6 nitrogen and oxygen atoms in total. The first-order valence-corrected chi connectivity index (χ1v) is 26.6. The van der Waals surface area contributed by atoms with Crippen molar-refractivity contribution in [2.24, 2.45) is 0 Å². The smallest absolute Gasteiger partial charge is 0.306 e. The lowest BCUT2D eigenvalue weighted by atomic mass is 10.0. The molecule has 0 rings (SSSR count). The van der Waals surface area contributed by atoms with E-state index in [0.717, 1.165) is 70.6 Å². The van der Waals surface area contributed by atoms with Crippen LogP contribution in [0.2, 0.25) is 0 Å². The van der Waals surface area contributed by atoms with Gasteiger partial charge in [-0.1, -0.05) is 244 Å². The Morgan fingerprint density at radius 3 is 1.35 bits per heavy atom. The fourth-order valence-electron chi connectivity index (χ4n) is 8.29. The minimum absolute atomic E-state index is 0.0733. The molecule has 3 N–H and O–H groups in total. The van der Waals surface area contributed by atoms with E-state index in [4.69, 9.17) is 4.74 Å². The van der Waals surface area contributed by atoms with E-state index in [1.54, 1.807) is 0 Å². The van der Waals surface area contributed by atoms with Crippen LogP contribution < -0.4 is 5.32 Å². The van der Waals surface area contributed by atoms with Gasteiger partial charge in [-0.05, 0) is 51.4 Å². The molecule has 0 spiro atoms. The molecule has 3 unspecified atom stereocenters. The van der Waals surface area contributed by atoms with Crippen molar-refractivity contribution in [3.8, 4) is 0 Å². The number of carbonyl (C=O) groups excluding carboxylic acids is 2. The standard InChI is InChI=1S/C54H103NO5/c1-4-7-10-13-16-19-22-25-26-27-29-32-35-38-41-44-47-54(59)60-50(45-42-39-36-33-30-24-21-18-15-12-9-6-3)48-53(58)55-51(49-56)52(57)46-43-40-37-34-31-28-23-20-17-14-11-8-5-2/h9,12,18,21,50-52,56-57H,4-8,10-11,13-17,19-20,22-49H2,1-3H3,(H,55,58)/b12-9+,21-18+. The van der Waals surface area contributed by atoms with Crippen molar-refractivity contribution in [2.45, 2.75) is 302 Å². The number of ether oxygens (including phenoxy) is 1. The third kappa shape index (κ3) is 43.0. The van der Waals surface area contributed by atoms with E-state index >= 15 is 0 Å². The van der Waals surface area contributed by atoms with Crippen molar-refractivity contribution in [2.75, 3.05) is 6.61 Å². The predicted molar refractivity (Wildman–Crippen MR) is 260 cm³/mol. The Hall–Kier alpha value is -1.66. The number of rotatable bonds is 48. The minimum atomic E-state index is -0.787. The maximum atomic E-state index is 13.2. The van der Waals surface area contributed by atoms with Crippen LogP contribution in [-0.2, 0) is 14.3 Å². The first-order valence-electron chi connectivity index (χ1n) is 26.6. The Labute approximate surface area is 373 Å². The van der Waals surface area contributed by atoms with Crippen LogP contribution >= 0.6 is 0 Å². The zero-order valence-corrected chi connectivity index (χ0v) is 40.4. The van der Waals surface area contributed by atoms with Crippen LogP contribution in [0.3, 0.4) is 0 Å². The molecule has 0 aromatic carbocycles. The molecular formula is C54H103NO5. The second-order valence-corrected chi connectivity index (χ2v) is 18.3. The molecule has 0 aliphatic carbocycles. The quantitative estimate of drug-likeness (QED) is 0.0322. The van der Waals surface area contributed by atoms with Crippen LogP contribution in [0, 0.1) is 0 Å². The molecular weight excluding hydrogens is 743 g/mol. The number of esters is 1. The van der Waals surface area contributed by atoms with Gasteiger partial charge < -0.3 is 20.3 Å². The van der Waals surface area contributed by atoms with Crippen molar-refractivity contribution in [3.05, 3.63) is 24.3 Å². The molecule has 60 heavy (non-hydrogen) atoms. The molecule has 0 aromatic rings. The zero-order valence-electron chi connectivity index (χ0n) is 40.4. The number of nitrogens with one attached hydrogen (secondary N) is 1. The average Bonchev–Trinajstić information content (AvgIpc) is 3.24. The Bertz CT molecular complexity index is 950. The lowest BCUT2D eigenvalue weighted by Gasteiger charge is -2.24. The van der Waals surface area contributed by atoms with E-state index in [1.807, 2.05) is 0 Å². The van der Waals surface area contributed by atoms with Crippen molar-refractivity contribution in [3.63, 3.8) is 0 Å². The summed E-state index contributed by atoms with van der Waals surface area (Å²) in [7, 11) is 0. The van der Waals surface area contributed by atoms with Crippen LogP contribution in [-0.4, -0.2) is 46.9 Å². The SMILES string of the molecule is CC/C=C/C/C=C/CCCCCCCC(CC(=O)NC(CO)C(O)CCCCCCCCCCCCCCC)OC(=O)CCCCCCCCCCCCCCCCCC. The molecule has 0 radical (unpaired) electrons. The van der Waals surface area contributed by atoms with Gasteiger partial charge in [0.25, 0.3) is 0 Å². The fourth-order valence-corrected chi connectivity index (χ4v) is 8.29. The van der Waals surface area contributed by atoms with Gasteiger partial charge in [0.15, 0.2) is 0 Å². The van der Waals surface area contributed by atoms with E-state index in [9.17, 15) is 19.8 Å². The van der Waals surface area contributed by atoms with Crippen molar-refractivity contribution in [1.29, 1.82) is 0 Å². The summed E-state index contributed by atoms with van der Waals surface area (Å²) in [5.41, 5.74) is 0. The van der Waals surface area contributed by atoms with Gasteiger partial charge in [0, 0.05) is 6.42 Å². The summed E-state index contributed by atoms with van der Waals surface area (Å²) in [5.74, 6) is -0.473. The summed E-state index contributed by atoms with van der Waals surface area (Å²) < 4.78 is 5.93. The number of amides is 1. The fraction of sp³-hybridized carbons (Fsp3) is 0.889.